The van der Waals surface area contributed by atoms with Crippen molar-refractivity contribution in [3.63, 3.8) is 0 Å². The van der Waals surface area contributed by atoms with Gasteiger partial charge in [0, 0.05) is 32.2 Å². The van der Waals surface area contributed by atoms with E-state index in [0.717, 1.165) is 25.6 Å². The van der Waals surface area contributed by atoms with E-state index in [9.17, 15) is 0 Å². The van der Waals surface area contributed by atoms with Gasteiger partial charge < -0.3 is 10.6 Å². The Hall–Kier alpha value is -0.120. The Morgan fingerprint density at radius 1 is 1.36 bits per heavy atom. The number of hydrogen-bond donors (Lipinski definition) is 2. The predicted molar refractivity (Wildman–Crippen MR) is 59.5 cm³/mol. The van der Waals surface area contributed by atoms with E-state index in [2.05, 4.69) is 22.6 Å². The van der Waals surface area contributed by atoms with Crippen LogP contribution in [0.25, 0.3) is 0 Å². The summed E-state index contributed by atoms with van der Waals surface area (Å²) in [4.78, 5) is 2.46. The summed E-state index contributed by atoms with van der Waals surface area (Å²) < 4.78 is 0. The van der Waals surface area contributed by atoms with Crippen LogP contribution >= 0.6 is 0 Å². The molecular formula is C11H23N3. The van der Waals surface area contributed by atoms with Crippen molar-refractivity contribution in [2.24, 2.45) is 5.92 Å². The number of piperazine rings is 1. The maximum Gasteiger partial charge on any atom is 0.0342 e. The van der Waals surface area contributed by atoms with Gasteiger partial charge in [0.05, 0.1) is 0 Å². The van der Waals surface area contributed by atoms with Crippen LogP contribution in [0.4, 0.5) is 0 Å². The highest BCUT2D eigenvalue weighted by Crippen LogP contribution is 2.25. The van der Waals surface area contributed by atoms with Crippen molar-refractivity contribution in [2.75, 3.05) is 39.8 Å². The molecule has 0 spiro atoms. The van der Waals surface area contributed by atoms with E-state index in [1.807, 2.05) is 0 Å². The Morgan fingerprint density at radius 2 is 2.21 bits per heavy atom. The fourth-order valence-corrected chi connectivity index (χ4v) is 2.24. The van der Waals surface area contributed by atoms with Gasteiger partial charge in [0.2, 0.25) is 0 Å². The van der Waals surface area contributed by atoms with E-state index >= 15 is 0 Å². The first-order chi connectivity index (χ1) is 6.86. The highest BCUT2D eigenvalue weighted by Gasteiger charge is 2.20. The first-order valence-electron chi connectivity index (χ1n) is 5.98. The van der Waals surface area contributed by atoms with E-state index in [0.29, 0.717) is 6.04 Å². The molecular weight excluding hydrogens is 174 g/mol. The lowest BCUT2D eigenvalue weighted by Crippen LogP contribution is -2.53. The number of likely N-dealkylation sites (N-methyl/N-ethyl adjacent to an activating group) is 1. The van der Waals surface area contributed by atoms with Crippen LogP contribution in [0, 0.1) is 5.92 Å². The van der Waals surface area contributed by atoms with Crippen LogP contribution in [-0.2, 0) is 0 Å². The van der Waals surface area contributed by atoms with Gasteiger partial charge in [0.25, 0.3) is 0 Å². The van der Waals surface area contributed by atoms with E-state index in [1.165, 1.54) is 32.4 Å². The van der Waals surface area contributed by atoms with Crippen molar-refractivity contribution >= 4 is 0 Å². The first-order valence-corrected chi connectivity index (χ1v) is 5.98. The lowest BCUT2D eigenvalue weighted by atomic mass is 9.85. The SMILES string of the molecule is CN1CCNCC1CNCC1CCC1. The molecule has 1 aliphatic heterocycles. The molecule has 1 atom stereocenters. The zero-order valence-corrected chi connectivity index (χ0v) is 9.26. The average Bonchev–Trinajstić information content (AvgIpc) is 2.12. The largest absolute Gasteiger partial charge is 0.315 e. The number of rotatable bonds is 4. The molecule has 0 aromatic rings. The van der Waals surface area contributed by atoms with Crippen LogP contribution in [0.15, 0.2) is 0 Å². The van der Waals surface area contributed by atoms with Gasteiger partial charge in [-0.3, -0.25) is 4.90 Å². The molecule has 2 fully saturated rings. The molecule has 2 aliphatic rings. The summed E-state index contributed by atoms with van der Waals surface area (Å²) in [5, 5.41) is 7.06. The van der Waals surface area contributed by atoms with Gasteiger partial charge in [-0.1, -0.05) is 6.42 Å². The van der Waals surface area contributed by atoms with Gasteiger partial charge in [-0.25, -0.2) is 0 Å². The summed E-state index contributed by atoms with van der Waals surface area (Å²) in [5.74, 6) is 0.983. The Bertz CT molecular complexity index is 168. The molecule has 82 valence electrons. The third-order valence-corrected chi connectivity index (χ3v) is 3.68. The molecule has 0 aromatic heterocycles. The second kappa shape index (κ2) is 5.10. The molecule has 0 aromatic carbocycles. The number of hydrogen-bond acceptors (Lipinski definition) is 3. The standard InChI is InChI=1S/C11H23N3/c1-14-6-5-12-8-11(14)9-13-7-10-3-2-4-10/h10-13H,2-9H2,1H3. The Morgan fingerprint density at radius 3 is 2.86 bits per heavy atom. The average molecular weight is 197 g/mol. The summed E-state index contributed by atoms with van der Waals surface area (Å²) in [6.07, 6.45) is 4.36. The van der Waals surface area contributed by atoms with Gasteiger partial charge in [0.15, 0.2) is 0 Å². The second-order valence-corrected chi connectivity index (χ2v) is 4.79. The van der Waals surface area contributed by atoms with Gasteiger partial charge in [-0.05, 0) is 32.4 Å². The van der Waals surface area contributed by atoms with Gasteiger partial charge in [-0.2, -0.15) is 0 Å². The minimum atomic E-state index is 0.698. The topological polar surface area (TPSA) is 27.3 Å². The molecule has 0 bridgehead atoms. The quantitative estimate of drug-likeness (QED) is 0.678. The summed E-state index contributed by atoms with van der Waals surface area (Å²) in [6.45, 7) is 5.88. The zero-order chi connectivity index (χ0) is 9.80. The minimum Gasteiger partial charge on any atom is -0.315 e. The van der Waals surface area contributed by atoms with E-state index in [4.69, 9.17) is 0 Å². The van der Waals surface area contributed by atoms with E-state index in [-0.39, 0.29) is 0 Å². The Kier molecular flexibility index (Phi) is 3.79. The van der Waals surface area contributed by atoms with E-state index in [1.54, 1.807) is 0 Å². The molecule has 1 saturated carbocycles. The molecule has 14 heavy (non-hydrogen) atoms. The predicted octanol–water partition coefficient (Wildman–Crippen LogP) is 0.280. The maximum absolute atomic E-state index is 3.61. The van der Waals surface area contributed by atoms with Crippen LogP contribution in [0.2, 0.25) is 0 Å². The van der Waals surface area contributed by atoms with Crippen molar-refractivity contribution in [1.82, 2.24) is 15.5 Å². The van der Waals surface area contributed by atoms with Crippen molar-refractivity contribution in [3.8, 4) is 0 Å². The molecule has 1 saturated heterocycles. The molecule has 2 N–H and O–H groups in total. The van der Waals surface area contributed by atoms with Gasteiger partial charge in [-0.15, -0.1) is 0 Å². The van der Waals surface area contributed by atoms with Crippen molar-refractivity contribution < 1.29 is 0 Å². The third kappa shape index (κ3) is 2.69. The third-order valence-electron chi connectivity index (χ3n) is 3.68. The smallest absolute Gasteiger partial charge is 0.0342 e. The maximum atomic E-state index is 3.61. The van der Waals surface area contributed by atoms with Crippen LogP contribution in [-0.4, -0.2) is 50.7 Å². The molecule has 3 nitrogen and oxygen atoms in total. The molecule has 1 unspecified atom stereocenters. The summed E-state index contributed by atoms with van der Waals surface area (Å²) >= 11 is 0. The summed E-state index contributed by atoms with van der Waals surface area (Å²) in [6, 6.07) is 0.698. The summed E-state index contributed by atoms with van der Waals surface area (Å²) in [5.41, 5.74) is 0. The van der Waals surface area contributed by atoms with Crippen molar-refractivity contribution in [2.45, 2.75) is 25.3 Å². The monoisotopic (exact) mass is 197 g/mol. The van der Waals surface area contributed by atoms with Gasteiger partial charge >= 0.3 is 0 Å². The van der Waals surface area contributed by atoms with Crippen LogP contribution in [0.1, 0.15) is 19.3 Å². The fourth-order valence-electron chi connectivity index (χ4n) is 2.24. The van der Waals surface area contributed by atoms with Gasteiger partial charge in [0.1, 0.15) is 0 Å². The summed E-state index contributed by atoms with van der Waals surface area (Å²) in [7, 11) is 2.23. The second-order valence-electron chi connectivity index (χ2n) is 4.79. The van der Waals surface area contributed by atoms with Crippen LogP contribution in [0.3, 0.4) is 0 Å². The Balaban J connectivity index is 1.58. The molecule has 0 amide bonds. The Labute approximate surface area is 87.2 Å². The highest BCUT2D eigenvalue weighted by atomic mass is 15.2. The molecule has 2 rings (SSSR count). The minimum absolute atomic E-state index is 0.698. The fraction of sp³-hybridized carbons (Fsp3) is 1.00. The molecule has 1 heterocycles. The molecule has 3 heteroatoms. The lowest BCUT2D eigenvalue weighted by molar-refractivity contribution is 0.189. The number of nitrogens with zero attached hydrogens (tertiary/aromatic N) is 1. The van der Waals surface area contributed by atoms with Crippen LogP contribution < -0.4 is 10.6 Å². The lowest BCUT2D eigenvalue weighted by Gasteiger charge is -2.34. The zero-order valence-electron chi connectivity index (χ0n) is 9.26. The normalized spacial score (nSPS) is 30.2. The van der Waals surface area contributed by atoms with Crippen LogP contribution in [0.5, 0.6) is 0 Å². The van der Waals surface area contributed by atoms with E-state index < -0.39 is 0 Å². The highest BCUT2D eigenvalue weighted by molar-refractivity contribution is 4.80. The van der Waals surface area contributed by atoms with Crippen molar-refractivity contribution in [1.29, 1.82) is 0 Å². The number of nitrogens with one attached hydrogen (secondary N) is 2. The molecule has 1 aliphatic carbocycles. The molecule has 0 radical (unpaired) electrons. The first kappa shape index (κ1) is 10.4. The van der Waals surface area contributed by atoms with Crippen molar-refractivity contribution in [3.05, 3.63) is 0 Å².